The molecule has 1 N–H and O–H groups in total. The van der Waals surface area contributed by atoms with Gasteiger partial charge in [0.2, 0.25) is 5.91 Å². The van der Waals surface area contributed by atoms with Crippen LogP contribution in [0, 0.1) is 0 Å². The topological polar surface area (TPSA) is 64.7 Å². The Kier molecular flexibility index (Phi) is 4.79. The number of nitrogens with one attached hydrogen (secondary N) is 1. The van der Waals surface area contributed by atoms with Gasteiger partial charge in [0.15, 0.2) is 0 Å². The highest BCUT2D eigenvalue weighted by atomic mass is 16.2. The van der Waals surface area contributed by atoms with Crippen molar-refractivity contribution in [1.29, 1.82) is 0 Å². The van der Waals surface area contributed by atoms with Crippen molar-refractivity contribution in [3.8, 4) is 0 Å². The first kappa shape index (κ1) is 17.5. The van der Waals surface area contributed by atoms with Gasteiger partial charge in [-0.05, 0) is 37.8 Å². The van der Waals surface area contributed by atoms with Gasteiger partial charge in [-0.2, -0.15) is 10.2 Å². The van der Waals surface area contributed by atoms with E-state index < -0.39 is 0 Å². The average Bonchev–Trinajstić information content (AvgIpc) is 3.29. The number of carbonyl (C=O) groups excluding carboxylic acids is 1. The Balaban J connectivity index is 1.50. The number of aryl methyl sites for hydroxylation is 1. The highest BCUT2D eigenvalue weighted by Gasteiger charge is 2.28. The Morgan fingerprint density at radius 2 is 2.07 bits per heavy atom. The summed E-state index contributed by atoms with van der Waals surface area (Å²) in [6.07, 6.45) is 6.67. The van der Waals surface area contributed by atoms with Crippen LogP contribution < -0.4 is 5.32 Å². The molecule has 27 heavy (non-hydrogen) atoms. The third-order valence-corrected chi connectivity index (χ3v) is 5.45. The van der Waals surface area contributed by atoms with E-state index in [9.17, 15) is 4.79 Å². The third kappa shape index (κ3) is 3.52. The second kappa shape index (κ2) is 7.39. The summed E-state index contributed by atoms with van der Waals surface area (Å²) in [7, 11) is 1.87. The summed E-state index contributed by atoms with van der Waals surface area (Å²) in [6.45, 7) is 2.69. The van der Waals surface area contributed by atoms with E-state index in [1.807, 2.05) is 44.4 Å². The van der Waals surface area contributed by atoms with E-state index in [4.69, 9.17) is 0 Å². The predicted molar refractivity (Wildman–Crippen MR) is 103 cm³/mol. The molecular formula is C21H25N5O. The second-order valence-corrected chi connectivity index (χ2v) is 7.24. The van der Waals surface area contributed by atoms with Gasteiger partial charge in [-0.3, -0.25) is 14.2 Å². The number of amides is 1. The number of hydrogen-bond acceptors (Lipinski definition) is 3. The molecule has 6 heteroatoms. The van der Waals surface area contributed by atoms with Crippen LogP contribution in [0.15, 0.2) is 48.8 Å². The van der Waals surface area contributed by atoms with Crippen LogP contribution >= 0.6 is 0 Å². The van der Waals surface area contributed by atoms with Crippen molar-refractivity contribution in [1.82, 2.24) is 24.9 Å². The lowest BCUT2D eigenvalue weighted by molar-refractivity contribution is -0.123. The normalized spacial score (nSPS) is 17.3. The lowest BCUT2D eigenvalue weighted by atomic mass is 9.92. The molecule has 140 valence electrons. The summed E-state index contributed by atoms with van der Waals surface area (Å²) in [5.74, 6) is -0.200. The number of fused-ring (bicyclic) bond motifs is 1. The maximum atomic E-state index is 12.8. The molecular weight excluding hydrogens is 338 g/mol. The van der Waals surface area contributed by atoms with E-state index in [1.165, 1.54) is 11.3 Å². The van der Waals surface area contributed by atoms with E-state index in [1.54, 1.807) is 10.9 Å². The van der Waals surface area contributed by atoms with E-state index >= 15 is 0 Å². The Bertz CT molecular complexity index is 927. The number of carbonyl (C=O) groups is 1. The van der Waals surface area contributed by atoms with Crippen molar-refractivity contribution in [2.75, 3.05) is 0 Å². The molecule has 1 aliphatic rings. The molecule has 2 atom stereocenters. The molecule has 0 saturated carbocycles. The van der Waals surface area contributed by atoms with Crippen molar-refractivity contribution >= 4 is 5.91 Å². The molecule has 2 aromatic heterocycles. The fourth-order valence-corrected chi connectivity index (χ4v) is 3.90. The molecule has 0 aliphatic heterocycles. The number of hydrogen-bond donors (Lipinski definition) is 1. The summed E-state index contributed by atoms with van der Waals surface area (Å²) in [4.78, 5) is 12.8. The number of benzene rings is 1. The minimum Gasteiger partial charge on any atom is -0.349 e. The summed E-state index contributed by atoms with van der Waals surface area (Å²) in [5.41, 5.74) is 4.55. The van der Waals surface area contributed by atoms with Gasteiger partial charge in [-0.25, -0.2) is 0 Å². The van der Waals surface area contributed by atoms with Crippen LogP contribution in [0.1, 0.15) is 54.2 Å². The third-order valence-electron chi connectivity index (χ3n) is 5.45. The maximum Gasteiger partial charge on any atom is 0.229 e. The smallest absolute Gasteiger partial charge is 0.229 e. The van der Waals surface area contributed by atoms with E-state index in [2.05, 4.69) is 32.3 Å². The Morgan fingerprint density at radius 1 is 1.26 bits per heavy atom. The van der Waals surface area contributed by atoms with E-state index in [-0.39, 0.29) is 17.9 Å². The van der Waals surface area contributed by atoms with Crippen molar-refractivity contribution in [3.63, 3.8) is 0 Å². The molecule has 2 heterocycles. The van der Waals surface area contributed by atoms with Gasteiger partial charge in [0, 0.05) is 24.5 Å². The standard InChI is InChI=1S/C21H25N5O/c1-15(19-11-12-22-25(19)2)21(27)24-18-9-6-10-20-17(18)13-23-26(20)14-16-7-4-3-5-8-16/h3-5,7-8,11-13,15,18H,6,9-10,14H2,1-2H3,(H,24,27). The highest BCUT2D eigenvalue weighted by Crippen LogP contribution is 2.30. The first-order valence-electron chi connectivity index (χ1n) is 9.50. The van der Waals surface area contributed by atoms with Gasteiger partial charge >= 0.3 is 0 Å². The number of aromatic nitrogens is 4. The fourth-order valence-electron chi connectivity index (χ4n) is 3.90. The SMILES string of the molecule is CC(C(=O)NC1CCCc2c1cnn2Cc1ccccc1)c1ccnn1C. The minimum absolute atomic E-state index is 0.0291. The van der Waals surface area contributed by atoms with Gasteiger partial charge in [-0.15, -0.1) is 0 Å². The van der Waals surface area contributed by atoms with Gasteiger partial charge in [0.05, 0.1) is 30.4 Å². The maximum absolute atomic E-state index is 12.8. The molecule has 1 aliphatic carbocycles. The van der Waals surface area contributed by atoms with Crippen molar-refractivity contribution in [3.05, 3.63) is 71.3 Å². The molecule has 4 rings (SSSR count). The molecule has 0 radical (unpaired) electrons. The molecule has 1 amide bonds. The summed E-state index contributed by atoms with van der Waals surface area (Å²) < 4.78 is 3.84. The first-order valence-corrected chi connectivity index (χ1v) is 9.50. The van der Waals surface area contributed by atoms with E-state index in [0.29, 0.717) is 0 Å². The average molecular weight is 363 g/mol. The lowest BCUT2D eigenvalue weighted by Crippen LogP contribution is -2.34. The van der Waals surface area contributed by atoms with Gasteiger partial charge in [-0.1, -0.05) is 30.3 Å². The molecule has 2 unspecified atom stereocenters. The lowest BCUT2D eigenvalue weighted by Gasteiger charge is -2.25. The van der Waals surface area contributed by atoms with Crippen LogP contribution in [0.5, 0.6) is 0 Å². The summed E-state index contributed by atoms with van der Waals surface area (Å²) in [6, 6.07) is 12.3. The zero-order valence-electron chi connectivity index (χ0n) is 15.8. The molecule has 0 bridgehead atoms. The first-order chi connectivity index (χ1) is 13.1. The minimum atomic E-state index is -0.234. The molecule has 3 aromatic rings. The Morgan fingerprint density at radius 3 is 2.81 bits per heavy atom. The van der Waals surface area contributed by atoms with Gasteiger partial charge in [0.1, 0.15) is 0 Å². The zero-order valence-corrected chi connectivity index (χ0v) is 15.8. The second-order valence-electron chi connectivity index (χ2n) is 7.24. The van der Waals surface area contributed by atoms with Gasteiger partial charge in [0.25, 0.3) is 0 Å². The van der Waals surface area contributed by atoms with Gasteiger partial charge < -0.3 is 5.32 Å². The Labute approximate surface area is 159 Å². The van der Waals surface area contributed by atoms with Crippen LogP contribution in [-0.4, -0.2) is 25.5 Å². The molecule has 1 aromatic carbocycles. The predicted octanol–water partition coefficient (Wildman–Crippen LogP) is 2.96. The van der Waals surface area contributed by atoms with Crippen molar-refractivity contribution in [2.24, 2.45) is 7.05 Å². The monoisotopic (exact) mass is 363 g/mol. The van der Waals surface area contributed by atoms with Crippen LogP contribution in [0.3, 0.4) is 0 Å². The van der Waals surface area contributed by atoms with Crippen molar-refractivity contribution < 1.29 is 4.79 Å². The molecule has 6 nitrogen and oxygen atoms in total. The Hall–Kier alpha value is -2.89. The highest BCUT2D eigenvalue weighted by molar-refractivity contribution is 5.83. The van der Waals surface area contributed by atoms with Crippen LogP contribution in [0.25, 0.3) is 0 Å². The zero-order chi connectivity index (χ0) is 18.8. The molecule has 0 fully saturated rings. The van der Waals surface area contributed by atoms with E-state index in [0.717, 1.165) is 37.1 Å². The largest absolute Gasteiger partial charge is 0.349 e. The quantitative estimate of drug-likeness (QED) is 0.758. The number of nitrogens with zero attached hydrogens (tertiary/aromatic N) is 4. The van der Waals surface area contributed by atoms with Crippen LogP contribution in [0.4, 0.5) is 0 Å². The number of rotatable bonds is 5. The van der Waals surface area contributed by atoms with Crippen LogP contribution in [-0.2, 0) is 24.8 Å². The van der Waals surface area contributed by atoms with Crippen LogP contribution in [0.2, 0.25) is 0 Å². The summed E-state index contributed by atoms with van der Waals surface area (Å²) >= 11 is 0. The molecule has 0 saturated heterocycles. The molecule has 0 spiro atoms. The summed E-state index contributed by atoms with van der Waals surface area (Å²) in [5, 5.41) is 12.0. The van der Waals surface area contributed by atoms with Crippen molar-refractivity contribution in [2.45, 2.75) is 44.7 Å². The fraction of sp³-hybridized carbons (Fsp3) is 0.381.